The average Bonchev–Trinajstić information content (AvgIpc) is 2.74. The number of halogens is 2. The highest BCUT2D eigenvalue weighted by molar-refractivity contribution is 9.10. The van der Waals surface area contributed by atoms with Crippen molar-refractivity contribution in [2.45, 2.75) is 13.2 Å². The molecule has 6 heteroatoms. The molecule has 0 unspecified atom stereocenters. The molecule has 0 bridgehead atoms. The van der Waals surface area contributed by atoms with Gasteiger partial charge in [-0.1, -0.05) is 0 Å². The lowest BCUT2D eigenvalue weighted by Gasteiger charge is -2.11. The van der Waals surface area contributed by atoms with E-state index < -0.39 is 11.8 Å². The van der Waals surface area contributed by atoms with Gasteiger partial charge in [-0.3, -0.25) is 0 Å². The largest absolute Gasteiger partial charge is 0.465 e. The van der Waals surface area contributed by atoms with E-state index in [1.54, 1.807) is 0 Å². The van der Waals surface area contributed by atoms with Crippen molar-refractivity contribution in [3.63, 3.8) is 0 Å². The van der Waals surface area contributed by atoms with Crippen LogP contribution in [0.5, 0.6) is 0 Å². The van der Waals surface area contributed by atoms with Gasteiger partial charge in [0.15, 0.2) is 5.82 Å². The quantitative estimate of drug-likeness (QED) is 0.634. The van der Waals surface area contributed by atoms with Gasteiger partial charge in [-0.25, -0.2) is 9.18 Å². The molecule has 0 aliphatic carbocycles. The molecule has 2 rings (SSSR count). The van der Waals surface area contributed by atoms with Crippen molar-refractivity contribution in [1.82, 2.24) is 0 Å². The second-order valence-corrected chi connectivity index (χ2v) is 4.15. The minimum atomic E-state index is -0.648. The molecule has 0 aromatic heterocycles. The molecule has 0 saturated carbocycles. The van der Waals surface area contributed by atoms with Gasteiger partial charge in [0.25, 0.3) is 0 Å². The number of fused-ring (bicyclic) bond motifs is 1. The SMILES string of the molecule is COC(=O)c1c(N)c(F)c(Br)c2c1COC2. The van der Waals surface area contributed by atoms with Crippen LogP contribution >= 0.6 is 15.9 Å². The number of carbonyl (C=O) groups excluding carboxylic acids is 1. The zero-order valence-corrected chi connectivity index (χ0v) is 10.1. The summed E-state index contributed by atoms with van der Waals surface area (Å²) in [6, 6.07) is 0. The molecule has 1 aromatic rings. The van der Waals surface area contributed by atoms with E-state index in [-0.39, 0.29) is 28.9 Å². The molecular formula is C10H9BrFNO3. The molecule has 0 radical (unpaired) electrons. The highest BCUT2D eigenvalue weighted by atomic mass is 79.9. The Hall–Kier alpha value is -1.14. The Labute approximate surface area is 99.6 Å². The van der Waals surface area contributed by atoms with E-state index in [1.807, 2.05) is 0 Å². The molecule has 0 fully saturated rings. The van der Waals surface area contributed by atoms with Crippen LogP contribution in [0.25, 0.3) is 0 Å². The molecule has 4 nitrogen and oxygen atoms in total. The molecule has 0 saturated heterocycles. The molecule has 1 aromatic carbocycles. The third-order valence-electron chi connectivity index (χ3n) is 2.51. The lowest BCUT2D eigenvalue weighted by molar-refractivity contribution is 0.0597. The first-order chi connectivity index (χ1) is 7.57. The number of methoxy groups -OCH3 is 1. The number of rotatable bonds is 1. The van der Waals surface area contributed by atoms with Gasteiger partial charge < -0.3 is 15.2 Å². The van der Waals surface area contributed by atoms with Crippen molar-refractivity contribution in [3.8, 4) is 0 Å². The fourth-order valence-corrected chi connectivity index (χ4v) is 2.27. The topological polar surface area (TPSA) is 61.5 Å². The number of ether oxygens (including phenoxy) is 2. The Bertz CT molecular complexity index is 476. The monoisotopic (exact) mass is 289 g/mol. The first-order valence-corrected chi connectivity index (χ1v) is 5.31. The summed E-state index contributed by atoms with van der Waals surface area (Å²) >= 11 is 3.10. The highest BCUT2D eigenvalue weighted by Gasteiger charge is 2.29. The number of hydrogen-bond donors (Lipinski definition) is 1. The van der Waals surface area contributed by atoms with Crippen LogP contribution in [-0.2, 0) is 22.7 Å². The normalized spacial score (nSPS) is 13.7. The highest BCUT2D eigenvalue weighted by Crippen LogP contribution is 2.37. The summed E-state index contributed by atoms with van der Waals surface area (Å²) in [5.74, 6) is -1.30. The Morgan fingerprint density at radius 2 is 2.12 bits per heavy atom. The number of anilines is 1. The second-order valence-electron chi connectivity index (χ2n) is 3.36. The van der Waals surface area contributed by atoms with Crippen molar-refractivity contribution in [1.29, 1.82) is 0 Å². The van der Waals surface area contributed by atoms with Crippen LogP contribution in [0, 0.1) is 5.82 Å². The van der Waals surface area contributed by atoms with Gasteiger partial charge in [-0.2, -0.15) is 0 Å². The first-order valence-electron chi connectivity index (χ1n) is 4.52. The molecule has 1 aliphatic rings. The fourth-order valence-electron chi connectivity index (χ4n) is 1.71. The molecule has 1 aliphatic heterocycles. The average molecular weight is 290 g/mol. The van der Waals surface area contributed by atoms with E-state index in [0.717, 1.165) is 0 Å². The maximum Gasteiger partial charge on any atom is 0.340 e. The van der Waals surface area contributed by atoms with Crippen LogP contribution in [0.15, 0.2) is 4.47 Å². The van der Waals surface area contributed by atoms with Crippen LogP contribution in [0.2, 0.25) is 0 Å². The lowest BCUT2D eigenvalue weighted by Crippen LogP contribution is -2.12. The Morgan fingerprint density at radius 3 is 2.75 bits per heavy atom. The summed E-state index contributed by atoms with van der Waals surface area (Å²) < 4.78 is 23.7. The van der Waals surface area contributed by atoms with Crippen LogP contribution in [0.4, 0.5) is 10.1 Å². The standard InChI is InChI=1S/C10H9BrFNO3/c1-15-10(14)6-4-2-16-3-5(4)7(11)8(12)9(6)13/h2-3,13H2,1H3. The number of benzene rings is 1. The van der Waals surface area contributed by atoms with Gasteiger partial charge in [0.1, 0.15) is 0 Å². The van der Waals surface area contributed by atoms with E-state index in [9.17, 15) is 9.18 Å². The number of hydrogen-bond acceptors (Lipinski definition) is 4. The Morgan fingerprint density at radius 1 is 1.50 bits per heavy atom. The predicted molar refractivity (Wildman–Crippen MR) is 58.3 cm³/mol. The minimum absolute atomic E-state index is 0.0655. The summed E-state index contributed by atoms with van der Waals surface area (Å²) in [5.41, 5.74) is 6.64. The molecule has 0 amide bonds. The Balaban J connectivity index is 2.74. The number of carbonyl (C=O) groups is 1. The predicted octanol–water partition coefficient (Wildman–Crippen LogP) is 1.99. The van der Waals surface area contributed by atoms with Gasteiger partial charge in [-0.15, -0.1) is 0 Å². The Kier molecular flexibility index (Phi) is 2.86. The van der Waals surface area contributed by atoms with E-state index in [1.165, 1.54) is 7.11 Å². The van der Waals surface area contributed by atoms with E-state index in [0.29, 0.717) is 11.1 Å². The first kappa shape index (κ1) is 11.3. The van der Waals surface area contributed by atoms with Gasteiger partial charge in [0.2, 0.25) is 0 Å². The summed E-state index contributed by atoms with van der Waals surface area (Å²) in [5, 5.41) is 0. The van der Waals surface area contributed by atoms with E-state index in [2.05, 4.69) is 20.7 Å². The van der Waals surface area contributed by atoms with Gasteiger partial charge >= 0.3 is 5.97 Å². The van der Waals surface area contributed by atoms with Crippen LogP contribution in [-0.4, -0.2) is 13.1 Å². The summed E-state index contributed by atoms with van der Waals surface area (Å²) in [7, 11) is 1.23. The molecule has 16 heavy (non-hydrogen) atoms. The molecule has 86 valence electrons. The zero-order valence-electron chi connectivity index (χ0n) is 8.47. The summed E-state index contributed by atoms with van der Waals surface area (Å²) in [6.45, 7) is 0.500. The molecular weight excluding hydrogens is 281 g/mol. The van der Waals surface area contributed by atoms with Crippen LogP contribution < -0.4 is 5.73 Å². The zero-order chi connectivity index (χ0) is 11.9. The number of nitrogen functional groups attached to an aromatic ring is 1. The fraction of sp³-hybridized carbons (Fsp3) is 0.300. The molecule has 0 spiro atoms. The van der Waals surface area contributed by atoms with Crippen molar-refractivity contribution in [3.05, 3.63) is 27.0 Å². The summed E-state index contributed by atoms with van der Waals surface area (Å²) in [6.07, 6.45) is 0. The van der Waals surface area contributed by atoms with Gasteiger partial charge in [0, 0.05) is 11.1 Å². The molecule has 2 N–H and O–H groups in total. The third-order valence-corrected chi connectivity index (χ3v) is 3.34. The maximum atomic E-state index is 13.7. The van der Waals surface area contributed by atoms with Gasteiger partial charge in [-0.05, 0) is 15.9 Å². The van der Waals surface area contributed by atoms with Gasteiger partial charge in [0.05, 0.1) is 36.0 Å². The molecule has 1 heterocycles. The van der Waals surface area contributed by atoms with Crippen LogP contribution in [0.1, 0.15) is 21.5 Å². The van der Waals surface area contributed by atoms with E-state index >= 15 is 0 Å². The number of esters is 1. The van der Waals surface area contributed by atoms with Crippen molar-refractivity contribution >= 4 is 27.6 Å². The summed E-state index contributed by atoms with van der Waals surface area (Å²) in [4.78, 5) is 11.5. The maximum absolute atomic E-state index is 13.7. The smallest absolute Gasteiger partial charge is 0.340 e. The minimum Gasteiger partial charge on any atom is -0.465 e. The van der Waals surface area contributed by atoms with E-state index in [4.69, 9.17) is 10.5 Å². The number of nitrogens with two attached hydrogens (primary N) is 1. The second kappa shape index (κ2) is 4.03. The van der Waals surface area contributed by atoms with Crippen molar-refractivity contribution in [2.75, 3.05) is 12.8 Å². The van der Waals surface area contributed by atoms with Crippen LogP contribution in [0.3, 0.4) is 0 Å². The van der Waals surface area contributed by atoms with Crippen molar-refractivity contribution in [2.24, 2.45) is 0 Å². The third kappa shape index (κ3) is 1.49. The molecule has 0 atom stereocenters. The lowest BCUT2D eigenvalue weighted by atomic mass is 10.0. The van der Waals surface area contributed by atoms with Crippen molar-refractivity contribution < 1.29 is 18.7 Å².